The Hall–Kier alpha value is -3.48. The minimum absolute atomic E-state index is 0.0651. The van der Waals surface area contributed by atoms with E-state index in [1.807, 2.05) is 12.1 Å². The summed E-state index contributed by atoms with van der Waals surface area (Å²) in [7, 11) is 0. The molecule has 0 radical (unpaired) electrons. The molecule has 7 nitrogen and oxygen atoms in total. The maximum Gasteiger partial charge on any atom is 0.269 e. The fourth-order valence-corrected chi connectivity index (χ4v) is 2.84. The summed E-state index contributed by atoms with van der Waals surface area (Å²) >= 11 is 0. The van der Waals surface area contributed by atoms with Crippen LogP contribution in [0.4, 0.5) is 5.82 Å². The quantitative estimate of drug-likeness (QED) is 0.713. The summed E-state index contributed by atoms with van der Waals surface area (Å²) < 4.78 is 1.63. The number of imidazole rings is 1. The Labute approximate surface area is 163 Å². The van der Waals surface area contributed by atoms with E-state index in [0.29, 0.717) is 12.1 Å². The number of amides is 2. The van der Waals surface area contributed by atoms with Gasteiger partial charge in [0, 0.05) is 18.9 Å². The molecule has 2 amide bonds. The number of aromatic nitrogens is 3. The number of hydrogen-bond donors (Lipinski definition) is 2. The van der Waals surface area contributed by atoms with Gasteiger partial charge >= 0.3 is 0 Å². The highest BCUT2D eigenvalue weighted by molar-refractivity contribution is 6.07. The van der Waals surface area contributed by atoms with Gasteiger partial charge in [-0.1, -0.05) is 45.0 Å². The van der Waals surface area contributed by atoms with E-state index in [1.54, 1.807) is 22.9 Å². The van der Waals surface area contributed by atoms with Crippen molar-refractivity contribution in [2.24, 2.45) is 5.73 Å². The van der Waals surface area contributed by atoms with Crippen LogP contribution in [-0.2, 0) is 12.0 Å². The first-order valence-electron chi connectivity index (χ1n) is 8.91. The normalized spacial score (nSPS) is 11.2. The van der Waals surface area contributed by atoms with Crippen molar-refractivity contribution in [2.75, 3.05) is 5.32 Å². The maximum atomic E-state index is 12.3. The lowest BCUT2D eigenvalue weighted by molar-refractivity contribution is 0.0993. The van der Waals surface area contributed by atoms with Crippen LogP contribution in [0.1, 0.15) is 52.7 Å². The summed E-state index contributed by atoms with van der Waals surface area (Å²) in [5.74, 6) is -0.937. The molecule has 0 fully saturated rings. The van der Waals surface area contributed by atoms with Crippen molar-refractivity contribution in [3.8, 4) is 0 Å². The van der Waals surface area contributed by atoms with Gasteiger partial charge in [0.1, 0.15) is 0 Å². The number of carbonyl (C=O) groups is 2. The molecular weight excluding hydrogens is 354 g/mol. The lowest BCUT2D eigenvalue weighted by Crippen LogP contribution is -2.21. The Morgan fingerprint density at radius 1 is 1.14 bits per heavy atom. The van der Waals surface area contributed by atoms with Crippen molar-refractivity contribution >= 4 is 17.6 Å². The number of nitrogens with zero attached hydrogens (tertiary/aromatic N) is 3. The van der Waals surface area contributed by atoms with Gasteiger partial charge in [-0.05, 0) is 28.7 Å². The number of primary amides is 1. The first-order valence-corrected chi connectivity index (χ1v) is 8.91. The number of hydrogen-bond acceptors (Lipinski definition) is 4. The van der Waals surface area contributed by atoms with Crippen LogP contribution in [0.15, 0.2) is 55.1 Å². The van der Waals surface area contributed by atoms with Crippen LogP contribution in [0.3, 0.4) is 0 Å². The molecule has 0 atom stereocenters. The third-order valence-corrected chi connectivity index (χ3v) is 4.40. The summed E-state index contributed by atoms with van der Waals surface area (Å²) in [5, 5.41) is 2.63. The standard InChI is InChI=1S/C21H23N5O2/c1-21(2,3)16-8-6-14(7-9-16)12-26-13-24-19(17(26)18(22)27)25-20(28)15-5-4-10-23-11-15/h4-11,13H,12H2,1-3H3,(H2,22,27)(H,25,28). The number of pyridine rings is 1. The molecule has 1 aromatic carbocycles. The molecule has 0 saturated carbocycles. The number of benzene rings is 1. The van der Waals surface area contributed by atoms with Crippen LogP contribution in [0.25, 0.3) is 0 Å². The number of carbonyl (C=O) groups excluding carboxylic acids is 2. The minimum Gasteiger partial charge on any atom is -0.364 e. The number of nitrogens with two attached hydrogens (primary N) is 1. The molecule has 0 aliphatic heterocycles. The monoisotopic (exact) mass is 377 g/mol. The Kier molecular flexibility index (Phi) is 5.26. The van der Waals surface area contributed by atoms with Gasteiger partial charge in [0.15, 0.2) is 11.5 Å². The van der Waals surface area contributed by atoms with Crippen molar-refractivity contribution in [3.05, 3.63) is 77.5 Å². The summed E-state index contributed by atoms with van der Waals surface area (Å²) in [6.07, 6.45) is 4.51. The smallest absolute Gasteiger partial charge is 0.269 e. The number of rotatable bonds is 5. The van der Waals surface area contributed by atoms with E-state index in [0.717, 1.165) is 5.56 Å². The Balaban J connectivity index is 1.83. The third kappa shape index (κ3) is 4.25. The average molecular weight is 377 g/mol. The van der Waals surface area contributed by atoms with Crippen LogP contribution in [0.2, 0.25) is 0 Å². The van der Waals surface area contributed by atoms with E-state index < -0.39 is 11.8 Å². The van der Waals surface area contributed by atoms with Gasteiger partial charge in [0.25, 0.3) is 11.8 Å². The molecule has 0 unspecified atom stereocenters. The van der Waals surface area contributed by atoms with Crippen molar-refractivity contribution in [3.63, 3.8) is 0 Å². The Morgan fingerprint density at radius 2 is 1.86 bits per heavy atom. The van der Waals surface area contributed by atoms with E-state index in [9.17, 15) is 9.59 Å². The molecule has 2 heterocycles. The van der Waals surface area contributed by atoms with E-state index in [2.05, 4.69) is 48.2 Å². The van der Waals surface area contributed by atoms with Crippen LogP contribution in [-0.4, -0.2) is 26.3 Å². The van der Waals surface area contributed by atoms with E-state index in [4.69, 9.17) is 5.73 Å². The molecule has 144 valence electrons. The average Bonchev–Trinajstić information content (AvgIpc) is 3.04. The van der Waals surface area contributed by atoms with E-state index in [1.165, 1.54) is 18.1 Å². The second-order valence-corrected chi connectivity index (χ2v) is 7.58. The predicted molar refractivity (Wildman–Crippen MR) is 107 cm³/mol. The topological polar surface area (TPSA) is 103 Å². The predicted octanol–water partition coefficient (Wildman–Crippen LogP) is 2.98. The molecule has 3 N–H and O–H groups in total. The van der Waals surface area contributed by atoms with Crippen LogP contribution in [0.5, 0.6) is 0 Å². The van der Waals surface area contributed by atoms with Gasteiger partial charge in [-0.3, -0.25) is 14.6 Å². The summed E-state index contributed by atoms with van der Waals surface area (Å²) in [5.41, 5.74) is 8.35. The summed E-state index contributed by atoms with van der Waals surface area (Å²) in [6, 6.07) is 11.4. The van der Waals surface area contributed by atoms with Gasteiger partial charge in [0.05, 0.1) is 11.9 Å². The fourth-order valence-electron chi connectivity index (χ4n) is 2.84. The lowest BCUT2D eigenvalue weighted by atomic mass is 9.87. The second kappa shape index (κ2) is 7.64. The van der Waals surface area contributed by atoms with Crippen molar-refractivity contribution in [1.82, 2.24) is 14.5 Å². The number of anilines is 1. The third-order valence-electron chi connectivity index (χ3n) is 4.40. The van der Waals surface area contributed by atoms with Crippen LogP contribution >= 0.6 is 0 Å². The summed E-state index contributed by atoms with van der Waals surface area (Å²) in [4.78, 5) is 32.4. The molecule has 2 aromatic heterocycles. The van der Waals surface area contributed by atoms with Gasteiger partial charge < -0.3 is 15.6 Å². The van der Waals surface area contributed by atoms with Gasteiger partial charge in [-0.25, -0.2) is 4.98 Å². The zero-order valence-corrected chi connectivity index (χ0v) is 16.1. The van der Waals surface area contributed by atoms with Crippen molar-refractivity contribution < 1.29 is 9.59 Å². The first kappa shape index (κ1) is 19.3. The molecule has 28 heavy (non-hydrogen) atoms. The molecule has 0 saturated heterocycles. The van der Waals surface area contributed by atoms with Crippen LogP contribution in [0, 0.1) is 0 Å². The van der Waals surface area contributed by atoms with Crippen molar-refractivity contribution in [1.29, 1.82) is 0 Å². The van der Waals surface area contributed by atoms with Gasteiger partial charge in [0.2, 0.25) is 0 Å². The number of nitrogens with one attached hydrogen (secondary N) is 1. The minimum atomic E-state index is -0.662. The zero-order valence-electron chi connectivity index (χ0n) is 16.1. The molecule has 0 aliphatic carbocycles. The highest BCUT2D eigenvalue weighted by Gasteiger charge is 2.19. The highest BCUT2D eigenvalue weighted by Crippen LogP contribution is 2.23. The van der Waals surface area contributed by atoms with Crippen LogP contribution < -0.4 is 11.1 Å². The molecular formula is C21H23N5O2. The Bertz CT molecular complexity index is 986. The SMILES string of the molecule is CC(C)(C)c1ccc(Cn2cnc(NC(=O)c3cccnc3)c2C(N)=O)cc1. The molecule has 0 spiro atoms. The second-order valence-electron chi connectivity index (χ2n) is 7.58. The van der Waals surface area contributed by atoms with Crippen molar-refractivity contribution in [2.45, 2.75) is 32.7 Å². The fraction of sp³-hybridized carbons (Fsp3) is 0.238. The van der Waals surface area contributed by atoms with Gasteiger partial charge in [-0.15, -0.1) is 0 Å². The summed E-state index contributed by atoms with van der Waals surface area (Å²) in [6.45, 7) is 6.87. The molecule has 3 aromatic rings. The highest BCUT2D eigenvalue weighted by atomic mass is 16.2. The maximum absolute atomic E-state index is 12.3. The largest absolute Gasteiger partial charge is 0.364 e. The van der Waals surface area contributed by atoms with E-state index >= 15 is 0 Å². The molecule has 0 aliphatic rings. The molecule has 7 heteroatoms. The van der Waals surface area contributed by atoms with E-state index in [-0.39, 0.29) is 16.9 Å². The lowest BCUT2D eigenvalue weighted by Gasteiger charge is -2.19. The molecule has 3 rings (SSSR count). The Morgan fingerprint density at radius 3 is 2.43 bits per heavy atom. The molecule has 0 bridgehead atoms. The first-order chi connectivity index (χ1) is 13.3. The zero-order chi connectivity index (χ0) is 20.3. The van der Waals surface area contributed by atoms with Gasteiger partial charge in [-0.2, -0.15) is 0 Å².